The molecule has 2 rings (SSSR count). The number of hydrogen-bond donors (Lipinski definition) is 1. The van der Waals surface area contributed by atoms with E-state index in [4.69, 9.17) is 22.1 Å². The summed E-state index contributed by atoms with van der Waals surface area (Å²) in [6, 6.07) is 0.198. The Morgan fingerprint density at radius 1 is 1.60 bits per heavy atom. The smallest absolute Gasteiger partial charge is 0.199 e. The van der Waals surface area contributed by atoms with Crippen LogP contribution < -0.4 is 15.4 Å². The number of halogens is 1. The molecule has 0 aromatic carbocycles. The minimum Gasteiger partial charge on any atom is -0.490 e. The van der Waals surface area contributed by atoms with E-state index in [-0.39, 0.29) is 6.04 Å². The minimum atomic E-state index is 0.198. The first-order valence-corrected chi connectivity index (χ1v) is 5.15. The number of ether oxygens (including phenoxy) is 1. The topological polar surface area (TPSA) is 64.3 Å². The van der Waals surface area contributed by atoms with Crippen LogP contribution in [0.2, 0.25) is 5.15 Å². The van der Waals surface area contributed by atoms with Gasteiger partial charge in [-0.2, -0.15) is 0 Å². The van der Waals surface area contributed by atoms with Gasteiger partial charge in [-0.05, 0) is 6.42 Å². The number of aromatic nitrogens is 2. The molecule has 1 fully saturated rings. The maximum absolute atomic E-state index is 5.91. The number of nitrogens with two attached hydrogens (primary N) is 1. The Labute approximate surface area is 93.2 Å². The molecule has 82 valence electrons. The molecule has 2 N–H and O–H groups in total. The summed E-state index contributed by atoms with van der Waals surface area (Å²) >= 11 is 5.91. The van der Waals surface area contributed by atoms with E-state index in [1.54, 1.807) is 7.11 Å². The first kappa shape index (κ1) is 10.4. The summed E-state index contributed by atoms with van der Waals surface area (Å²) in [5.74, 6) is 1.25. The predicted octanol–water partition coefficient (Wildman–Crippen LogP) is 0.676. The zero-order valence-corrected chi connectivity index (χ0v) is 9.24. The van der Waals surface area contributed by atoms with E-state index in [0.29, 0.717) is 10.9 Å². The number of rotatable bonds is 2. The van der Waals surface area contributed by atoms with Crippen LogP contribution in [0.15, 0.2) is 6.33 Å². The molecule has 0 saturated carbocycles. The molecule has 6 heteroatoms. The molecule has 1 atom stereocenters. The third-order valence-corrected chi connectivity index (χ3v) is 2.74. The van der Waals surface area contributed by atoms with Gasteiger partial charge in [0.05, 0.1) is 7.11 Å². The molecule has 1 aliphatic heterocycles. The second-order valence-electron chi connectivity index (χ2n) is 3.52. The van der Waals surface area contributed by atoms with Gasteiger partial charge in [0.2, 0.25) is 0 Å². The van der Waals surface area contributed by atoms with Crippen LogP contribution in [0, 0.1) is 0 Å². The van der Waals surface area contributed by atoms with Crippen LogP contribution in [0.1, 0.15) is 6.42 Å². The molecule has 0 radical (unpaired) electrons. The van der Waals surface area contributed by atoms with Crippen molar-refractivity contribution in [3.63, 3.8) is 0 Å². The molecule has 1 aromatic rings. The second kappa shape index (κ2) is 4.20. The Morgan fingerprint density at radius 2 is 2.40 bits per heavy atom. The number of anilines is 1. The van der Waals surface area contributed by atoms with Crippen molar-refractivity contribution in [3.05, 3.63) is 11.5 Å². The first-order valence-electron chi connectivity index (χ1n) is 4.77. The van der Waals surface area contributed by atoms with Gasteiger partial charge in [0.15, 0.2) is 16.7 Å². The highest BCUT2D eigenvalue weighted by atomic mass is 35.5. The average molecular weight is 229 g/mol. The standard InChI is InChI=1S/C9H13ClN4O/c1-15-7-8(10)12-5-13-9(7)14-3-2-6(11)4-14/h5-6H,2-4,11H2,1H3. The van der Waals surface area contributed by atoms with E-state index in [0.717, 1.165) is 25.3 Å². The molecule has 0 bridgehead atoms. The number of methoxy groups -OCH3 is 1. The van der Waals surface area contributed by atoms with Gasteiger partial charge in [-0.1, -0.05) is 11.6 Å². The number of hydrogen-bond acceptors (Lipinski definition) is 5. The van der Waals surface area contributed by atoms with Gasteiger partial charge in [0.1, 0.15) is 6.33 Å². The zero-order valence-electron chi connectivity index (χ0n) is 8.48. The Balaban J connectivity index is 2.31. The van der Waals surface area contributed by atoms with Gasteiger partial charge < -0.3 is 15.4 Å². The van der Waals surface area contributed by atoms with Crippen LogP contribution in [-0.4, -0.2) is 36.2 Å². The van der Waals surface area contributed by atoms with Crippen molar-refractivity contribution >= 4 is 17.4 Å². The fraction of sp³-hybridized carbons (Fsp3) is 0.556. The van der Waals surface area contributed by atoms with E-state index in [9.17, 15) is 0 Å². The molecule has 15 heavy (non-hydrogen) atoms. The fourth-order valence-electron chi connectivity index (χ4n) is 1.72. The van der Waals surface area contributed by atoms with E-state index < -0.39 is 0 Å². The van der Waals surface area contributed by atoms with Crippen molar-refractivity contribution in [2.45, 2.75) is 12.5 Å². The Kier molecular flexibility index (Phi) is 2.93. The lowest BCUT2D eigenvalue weighted by atomic mass is 10.3. The summed E-state index contributed by atoms with van der Waals surface area (Å²) < 4.78 is 5.18. The summed E-state index contributed by atoms with van der Waals surface area (Å²) in [5.41, 5.74) is 5.83. The monoisotopic (exact) mass is 228 g/mol. The Bertz CT molecular complexity index is 360. The normalized spacial score (nSPS) is 20.7. The van der Waals surface area contributed by atoms with E-state index >= 15 is 0 Å². The lowest BCUT2D eigenvalue weighted by Crippen LogP contribution is -2.27. The highest BCUT2D eigenvalue weighted by Gasteiger charge is 2.24. The lowest BCUT2D eigenvalue weighted by Gasteiger charge is -2.19. The van der Waals surface area contributed by atoms with Crippen LogP contribution in [-0.2, 0) is 0 Å². The highest BCUT2D eigenvalue weighted by Crippen LogP contribution is 2.32. The predicted molar refractivity (Wildman–Crippen MR) is 58.4 cm³/mol. The van der Waals surface area contributed by atoms with Crippen molar-refractivity contribution in [3.8, 4) is 5.75 Å². The van der Waals surface area contributed by atoms with Crippen LogP contribution in [0.25, 0.3) is 0 Å². The first-order chi connectivity index (χ1) is 7.22. The molecule has 0 aliphatic carbocycles. The highest BCUT2D eigenvalue weighted by molar-refractivity contribution is 6.31. The van der Waals surface area contributed by atoms with Gasteiger partial charge in [0.25, 0.3) is 0 Å². The summed E-state index contributed by atoms with van der Waals surface area (Å²) in [5, 5.41) is 0.336. The maximum Gasteiger partial charge on any atom is 0.199 e. The molecule has 1 aromatic heterocycles. The summed E-state index contributed by atoms with van der Waals surface area (Å²) in [7, 11) is 1.56. The lowest BCUT2D eigenvalue weighted by molar-refractivity contribution is 0.411. The quantitative estimate of drug-likeness (QED) is 0.754. The van der Waals surface area contributed by atoms with Gasteiger partial charge in [-0.3, -0.25) is 0 Å². The minimum absolute atomic E-state index is 0.198. The van der Waals surface area contributed by atoms with Crippen molar-refractivity contribution in [1.82, 2.24) is 9.97 Å². The zero-order chi connectivity index (χ0) is 10.8. The SMILES string of the molecule is COc1c(Cl)ncnc1N1CCC(N)C1. The van der Waals surface area contributed by atoms with Crippen molar-refractivity contribution < 1.29 is 4.74 Å². The molecule has 2 heterocycles. The van der Waals surface area contributed by atoms with Crippen LogP contribution in [0.4, 0.5) is 5.82 Å². The largest absolute Gasteiger partial charge is 0.490 e. The van der Waals surface area contributed by atoms with Gasteiger partial charge in [0, 0.05) is 19.1 Å². The van der Waals surface area contributed by atoms with Crippen LogP contribution >= 0.6 is 11.6 Å². The number of nitrogens with zero attached hydrogens (tertiary/aromatic N) is 3. The molecule has 1 unspecified atom stereocenters. The molecular weight excluding hydrogens is 216 g/mol. The van der Waals surface area contributed by atoms with E-state index in [2.05, 4.69) is 14.9 Å². The van der Waals surface area contributed by atoms with Crippen molar-refractivity contribution in [1.29, 1.82) is 0 Å². The molecule has 1 saturated heterocycles. The maximum atomic E-state index is 5.91. The third kappa shape index (κ3) is 1.98. The molecule has 5 nitrogen and oxygen atoms in total. The van der Waals surface area contributed by atoms with Crippen molar-refractivity contribution in [2.75, 3.05) is 25.1 Å². The summed E-state index contributed by atoms with van der Waals surface area (Å²) in [6.07, 6.45) is 2.40. The fourth-order valence-corrected chi connectivity index (χ4v) is 1.93. The average Bonchev–Trinajstić information content (AvgIpc) is 2.64. The van der Waals surface area contributed by atoms with Gasteiger partial charge in [-0.15, -0.1) is 0 Å². The van der Waals surface area contributed by atoms with Crippen LogP contribution in [0.3, 0.4) is 0 Å². The van der Waals surface area contributed by atoms with E-state index in [1.807, 2.05) is 0 Å². The van der Waals surface area contributed by atoms with Crippen molar-refractivity contribution in [2.24, 2.45) is 5.73 Å². The van der Waals surface area contributed by atoms with Gasteiger partial charge >= 0.3 is 0 Å². The molecule has 0 spiro atoms. The molecule has 1 aliphatic rings. The summed E-state index contributed by atoms with van der Waals surface area (Å²) in [6.45, 7) is 1.66. The molecular formula is C9H13ClN4O. The third-order valence-electron chi connectivity index (χ3n) is 2.47. The van der Waals surface area contributed by atoms with Gasteiger partial charge in [-0.25, -0.2) is 9.97 Å². The second-order valence-corrected chi connectivity index (χ2v) is 3.87. The van der Waals surface area contributed by atoms with E-state index in [1.165, 1.54) is 6.33 Å². The van der Waals surface area contributed by atoms with Crippen LogP contribution in [0.5, 0.6) is 5.75 Å². The Morgan fingerprint density at radius 3 is 3.00 bits per heavy atom. The molecule has 0 amide bonds. The Hall–Kier alpha value is -1.07. The summed E-state index contributed by atoms with van der Waals surface area (Å²) in [4.78, 5) is 10.1.